The van der Waals surface area contributed by atoms with Gasteiger partial charge in [-0.1, -0.05) is 6.92 Å². The molecule has 1 aliphatic rings. The molecule has 4 heteroatoms. The molecule has 1 unspecified atom stereocenters. The maximum atomic E-state index is 5.86. The van der Waals surface area contributed by atoms with E-state index >= 15 is 0 Å². The molecule has 0 radical (unpaired) electrons. The molecule has 4 nitrogen and oxygen atoms in total. The molecule has 0 spiro atoms. The first-order valence-corrected chi connectivity index (χ1v) is 7.78. The number of furan rings is 1. The number of nitrogens with zero attached hydrogens (tertiary/aromatic N) is 1. The SMILES string of the molecule is CCCNCc1cc(CN(C)CC2CCCO2)oc1C. The molecule has 1 aliphatic heterocycles. The zero-order valence-corrected chi connectivity index (χ0v) is 13.1. The van der Waals surface area contributed by atoms with Gasteiger partial charge in [-0.05, 0) is 45.8 Å². The van der Waals surface area contributed by atoms with Gasteiger partial charge in [-0.15, -0.1) is 0 Å². The van der Waals surface area contributed by atoms with Crippen molar-refractivity contribution in [3.8, 4) is 0 Å². The predicted octanol–water partition coefficient (Wildman–Crippen LogP) is 2.70. The fourth-order valence-corrected chi connectivity index (χ4v) is 2.71. The van der Waals surface area contributed by atoms with Crippen molar-refractivity contribution in [2.45, 2.75) is 52.3 Å². The Labute approximate surface area is 122 Å². The molecule has 1 N–H and O–H groups in total. The summed E-state index contributed by atoms with van der Waals surface area (Å²) in [6.07, 6.45) is 3.95. The first-order valence-electron chi connectivity index (χ1n) is 7.78. The van der Waals surface area contributed by atoms with Crippen molar-refractivity contribution in [3.05, 3.63) is 23.2 Å². The van der Waals surface area contributed by atoms with Gasteiger partial charge in [0.25, 0.3) is 0 Å². The summed E-state index contributed by atoms with van der Waals surface area (Å²) in [4.78, 5) is 2.29. The molecule has 2 rings (SSSR count). The Bertz CT molecular complexity index is 397. The van der Waals surface area contributed by atoms with Gasteiger partial charge < -0.3 is 14.5 Å². The van der Waals surface area contributed by atoms with Crippen LogP contribution in [0.25, 0.3) is 0 Å². The molecule has 1 aromatic heterocycles. The fourth-order valence-electron chi connectivity index (χ4n) is 2.71. The summed E-state index contributed by atoms with van der Waals surface area (Å²) in [5, 5.41) is 3.42. The van der Waals surface area contributed by atoms with Crippen LogP contribution in [0.5, 0.6) is 0 Å². The van der Waals surface area contributed by atoms with E-state index in [9.17, 15) is 0 Å². The van der Waals surface area contributed by atoms with Crippen molar-refractivity contribution in [2.24, 2.45) is 0 Å². The van der Waals surface area contributed by atoms with Crippen LogP contribution in [-0.2, 0) is 17.8 Å². The smallest absolute Gasteiger partial charge is 0.118 e. The molecular formula is C16H28N2O2. The second-order valence-electron chi connectivity index (χ2n) is 5.80. The van der Waals surface area contributed by atoms with Crippen molar-refractivity contribution in [1.82, 2.24) is 10.2 Å². The van der Waals surface area contributed by atoms with Crippen LogP contribution in [0.2, 0.25) is 0 Å². The van der Waals surface area contributed by atoms with Crippen molar-refractivity contribution < 1.29 is 9.15 Å². The van der Waals surface area contributed by atoms with Crippen LogP contribution in [0, 0.1) is 6.92 Å². The summed E-state index contributed by atoms with van der Waals surface area (Å²) >= 11 is 0. The van der Waals surface area contributed by atoms with E-state index in [1.807, 2.05) is 6.92 Å². The number of nitrogens with one attached hydrogen (secondary N) is 1. The molecule has 0 saturated carbocycles. The van der Waals surface area contributed by atoms with Crippen molar-refractivity contribution in [1.29, 1.82) is 0 Å². The molecule has 1 fully saturated rings. The van der Waals surface area contributed by atoms with E-state index in [-0.39, 0.29) is 0 Å². The Kier molecular flexibility index (Phi) is 6.07. The van der Waals surface area contributed by atoms with Gasteiger partial charge in [0.15, 0.2) is 0 Å². The Balaban J connectivity index is 1.80. The number of hydrogen-bond donors (Lipinski definition) is 1. The lowest BCUT2D eigenvalue weighted by molar-refractivity contribution is 0.0774. The van der Waals surface area contributed by atoms with Crippen molar-refractivity contribution in [2.75, 3.05) is 26.7 Å². The zero-order valence-electron chi connectivity index (χ0n) is 13.1. The molecular weight excluding hydrogens is 252 g/mol. The van der Waals surface area contributed by atoms with E-state index in [0.717, 1.165) is 50.7 Å². The van der Waals surface area contributed by atoms with Gasteiger partial charge >= 0.3 is 0 Å². The van der Waals surface area contributed by atoms with Crippen LogP contribution >= 0.6 is 0 Å². The van der Waals surface area contributed by atoms with Crippen LogP contribution in [0.1, 0.15) is 43.3 Å². The topological polar surface area (TPSA) is 37.6 Å². The Morgan fingerprint density at radius 1 is 1.45 bits per heavy atom. The van der Waals surface area contributed by atoms with E-state index in [0.29, 0.717) is 6.10 Å². The summed E-state index contributed by atoms with van der Waals surface area (Å²) in [5.41, 5.74) is 1.28. The zero-order chi connectivity index (χ0) is 14.4. The van der Waals surface area contributed by atoms with Gasteiger partial charge in [0.05, 0.1) is 12.6 Å². The van der Waals surface area contributed by atoms with Gasteiger partial charge in [-0.2, -0.15) is 0 Å². The Morgan fingerprint density at radius 3 is 3.00 bits per heavy atom. The number of ether oxygens (including phenoxy) is 1. The summed E-state index contributed by atoms with van der Waals surface area (Å²) in [6.45, 7) is 8.95. The average molecular weight is 280 g/mol. The van der Waals surface area contributed by atoms with E-state index in [1.165, 1.54) is 18.4 Å². The van der Waals surface area contributed by atoms with E-state index in [1.54, 1.807) is 0 Å². The van der Waals surface area contributed by atoms with Crippen molar-refractivity contribution >= 4 is 0 Å². The summed E-state index contributed by atoms with van der Waals surface area (Å²) in [5.74, 6) is 2.09. The molecule has 1 aromatic rings. The normalized spacial score (nSPS) is 19.1. The van der Waals surface area contributed by atoms with Crippen LogP contribution < -0.4 is 5.32 Å². The maximum Gasteiger partial charge on any atom is 0.118 e. The molecule has 20 heavy (non-hydrogen) atoms. The fraction of sp³-hybridized carbons (Fsp3) is 0.750. The standard InChI is InChI=1S/C16H28N2O2/c1-4-7-17-10-14-9-16(20-13(14)2)12-18(3)11-15-6-5-8-19-15/h9,15,17H,4-8,10-12H2,1-3H3. The van der Waals surface area contributed by atoms with Gasteiger partial charge in [-0.3, -0.25) is 4.90 Å². The monoisotopic (exact) mass is 280 g/mol. The van der Waals surface area contributed by atoms with E-state index in [4.69, 9.17) is 9.15 Å². The van der Waals surface area contributed by atoms with Gasteiger partial charge in [-0.25, -0.2) is 0 Å². The molecule has 2 heterocycles. The number of likely N-dealkylation sites (N-methyl/N-ethyl adjacent to an activating group) is 1. The molecule has 0 amide bonds. The lowest BCUT2D eigenvalue weighted by Gasteiger charge is -2.19. The molecule has 114 valence electrons. The minimum atomic E-state index is 0.404. The highest BCUT2D eigenvalue weighted by molar-refractivity contribution is 5.20. The first kappa shape index (κ1) is 15.5. The summed E-state index contributed by atoms with van der Waals surface area (Å²) < 4.78 is 11.5. The maximum absolute atomic E-state index is 5.86. The highest BCUT2D eigenvalue weighted by atomic mass is 16.5. The number of rotatable bonds is 8. The third-order valence-corrected chi connectivity index (χ3v) is 3.78. The largest absolute Gasteiger partial charge is 0.465 e. The van der Waals surface area contributed by atoms with Gasteiger partial charge in [0, 0.05) is 25.3 Å². The molecule has 1 atom stereocenters. The molecule has 0 bridgehead atoms. The molecule has 1 saturated heterocycles. The van der Waals surface area contributed by atoms with Crippen LogP contribution in [-0.4, -0.2) is 37.7 Å². The number of hydrogen-bond acceptors (Lipinski definition) is 4. The van der Waals surface area contributed by atoms with E-state index < -0.39 is 0 Å². The molecule has 0 aromatic carbocycles. The lowest BCUT2D eigenvalue weighted by atomic mass is 10.2. The Morgan fingerprint density at radius 2 is 2.30 bits per heavy atom. The van der Waals surface area contributed by atoms with Gasteiger partial charge in [0.2, 0.25) is 0 Å². The van der Waals surface area contributed by atoms with Crippen LogP contribution in [0.3, 0.4) is 0 Å². The highest BCUT2D eigenvalue weighted by Gasteiger charge is 2.18. The Hall–Kier alpha value is -0.840. The second kappa shape index (κ2) is 7.81. The average Bonchev–Trinajstić information content (AvgIpc) is 3.00. The predicted molar refractivity (Wildman–Crippen MR) is 80.8 cm³/mol. The van der Waals surface area contributed by atoms with Crippen LogP contribution in [0.15, 0.2) is 10.5 Å². The summed E-state index contributed by atoms with van der Waals surface area (Å²) in [6, 6.07) is 2.18. The van der Waals surface area contributed by atoms with Crippen molar-refractivity contribution in [3.63, 3.8) is 0 Å². The first-order chi connectivity index (χ1) is 9.69. The quantitative estimate of drug-likeness (QED) is 0.743. The molecule has 0 aliphatic carbocycles. The van der Waals surface area contributed by atoms with E-state index in [2.05, 4.69) is 30.3 Å². The highest BCUT2D eigenvalue weighted by Crippen LogP contribution is 2.18. The third-order valence-electron chi connectivity index (χ3n) is 3.78. The minimum Gasteiger partial charge on any atom is -0.465 e. The summed E-state index contributed by atoms with van der Waals surface area (Å²) in [7, 11) is 2.13. The minimum absolute atomic E-state index is 0.404. The van der Waals surface area contributed by atoms with Gasteiger partial charge in [0.1, 0.15) is 11.5 Å². The second-order valence-corrected chi connectivity index (χ2v) is 5.80. The number of aryl methyl sites for hydroxylation is 1. The van der Waals surface area contributed by atoms with Crippen LogP contribution in [0.4, 0.5) is 0 Å². The lowest BCUT2D eigenvalue weighted by Crippen LogP contribution is -2.28. The third kappa shape index (κ3) is 4.62.